The van der Waals surface area contributed by atoms with Crippen molar-refractivity contribution in [2.45, 2.75) is 11.1 Å². The maximum absolute atomic E-state index is 13.4. The molecule has 0 spiro atoms. The average molecular weight is 318 g/mol. The van der Waals surface area contributed by atoms with Crippen LogP contribution in [0.25, 0.3) is 0 Å². The van der Waals surface area contributed by atoms with Crippen LogP contribution >= 0.6 is 0 Å². The zero-order chi connectivity index (χ0) is 15.6. The number of hydrogen-bond donors (Lipinski definition) is 1. The highest BCUT2D eigenvalue weighted by atomic mass is 32.2. The van der Waals surface area contributed by atoms with Gasteiger partial charge in [0.25, 0.3) is 0 Å². The molecule has 2 N–H and O–H groups in total. The van der Waals surface area contributed by atoms with E-state index in [2.05, 4.69) is 0 Å². The molecular formula is C10H11F5N2O2S. The van der Waals surface area contributed by atoms with Crippen LogP contribution in [0.15, 0.2) is 23.1 Å². The van der Waals surface area contributed by atoms with Gasteiger partial charge in [0.1, 0.15) is 23.1 Å². The fourth-order valence-electron chi connectivity index (χ4n) is 1.45. The number of nitrogens with zero attached hydrogens (tertiary/aromatic N) is 1. The molecule has 1 aromatic rings. The molecule has 0 amide bonds. The topological polar surface area (TPSA) is 63.4 Å². The van der Waals surface area contributed by atoms with Crippen LogP contribution in [0.1, 0.15) is 0 Å². The summed E-state index contributed by atoms with van der Waals surface area (Å²) in [5.41, 5.74) is 5.06. The molecule has 0 saturated carbocycles. The van der Waals surface area contributed by atoms with E-state index in [1.807, 2.05) is 0 Å². The molecule has 20 heavy (non-hydrogen) atoms. The largest absolute Gasteiger partial charge is 0.402 e. The van der Waals surface area contributed by atoms with Gasteiger partial charge in [0.05, 0.1) is 0 Å². The minimum atomic E-state index is -4.81. The second-order valence-electron chi connectivity index (χ2n) is 3.82. The van der Waals surface area contributed by atoms with Gasteiger partial charge in [-0.1, -0.05) is 0 Å². The maximum Gasteiger partial charge on any atom is 0.402 e. The summed E-state index contributed by atoms with van der Waals surface area (Å²) in [5.74, 6) is -2.50. The Balaban J connectivity index is 3.22. The molecule has 0 heterocycles. The van der Waals surface area contributed by atoms with Crippen LogP contribution in [0.5, 0.6) is 0 Å². The first-order valence-electron chi connectivity index (χ1n) is 5.30. The summed E-state index contributed by atoms with van der Waals surface area (Å²) < 4.78 is 87.0. The van der Waals surface area contributed by atoms with E-state index in [0.29, 0.717) is 12.1 Å². The van der Waals surface area contributed by atoms with Gasteiger partial charge in [-0.05, 0) is 12.1 Å². The van der Waals surface area contributed by atoms with Gasteiger partial charge < -0.3 is 5.73 Å². The Morgan fingerprint density at radius 2 is 1.80 bits per heavy atom. The SMILES string of the molecule is NCCN(CC(F)(F)F)S(=O)(=O)c1ccc(F)cc1F. The van der Waals surface area contributed by atoms with Crippen molar-refractivity contribution in [3.63, 3.8) is 0 Å². The molecule has 114 valence electrons. The molecule has 0 aliphatic rings. The maximum atomic E-state index is 13.4. The third-order valence-corrected chi connectivity index (χ3v) is 4.12. The van der Waals surface area contributed by atoms with Crippen LogP contribution in [0.3, 0.4) is 0 Å². The van der Waals surface area contributed by atoms with Crippen LogP contribution in [0.2, 0.25) is 0 Å². The second kappa shape index (κ2) is 6.02. The van der Waals surface area contributed by atoms with E-state index in [0.717, 1.165) is 0 Å². The summed E-state index contributed by atoms with van der Waals surface area (Å²) in [6.45, 7) is -2.82. The van der Waals surface area contributed by atoms with Gasteiger partial charge in [0.15, 0.2) is 0 Å². The molecule has 0 aromatic heterocycles. The first-order valence-corrected chi connectivity index (χ1v) is 6.74. The van der Waals surface area contributed by atoms with E-state index >= 15 is 0 Å². The number of alkyl halides is 3. The summed E-state index contributed by atoms with van der Waals surface area (Å²) in [4.78, 5) is -1.03. The highest BCUT2D eigenvalue weighted by Gasteiger charge is 2.37. The van der Waals surface area contributed by atoms with Crippen molar-refractivity contribution in [2.24, 2.45) is 5.73 Å². The molecule has 0 aliphatic heterocycles. The lowest BCUT2D eigenvalue weighted by atomic mass is 10.3. The van der Waals surface area contributed by atoms with Crippen molar-refractivity contribution < 1.29 is 30.4 Å². The van der Waals surface area contributed by atoms with Gasteiger partial charge >= 0.3 is 6.18 Å². The Morgan fingerprint density at radius 3 is 2.25 bits per heavy atom. The van der Waals surface area contributed by atoms with Crippen molar-refractivity contribution in [3.8, 4) is 0 Å². The van der Waals surface area contributed by atoms with Crippen molar-refractivity contribution >= 4 is 10.0 Å². The fraction of sp³-hybridized carbons (Fsp3) is 0.400. The predicted octanol–water partition coefficient (Wildman–Crippen LogP) is 1.48. The number of halogens is 5. The molecule has 4 nitrogen and oxygen atoms in total. The molecular weight excluding hydrogens is 307 g/mol. The Labute approximate surface area is 112 Å². The third kappa shape index (κ3) is 4.12. The second-order valence-corrected chi connectivity index (χ2v) is 5.72. The molecule has 1 aromatic carbocycles. The van der Waals surface area contributed by atoms with Crippen LogP contribution in [0.4, 0.5) is 22.0 Å². The van der Waals surface area contributed by atoms with Gasteiger partial charge in [-0.25, -0.2) is 17.2 Å². The van der Waals surface area contributed by atoms with Crippen LogP contribution < -0.4 is 5.73 Å². The highest BCUT2D eigenvalue weighted by molar-refractivity contribution is 7.89. The van der Waals surface area contributed by atoms with E-state index in [-0.39, 0.29) is 16.9 Å². The van der Waals surface area contributed by atoms with Gasteiger partial charge in [-0.3, -0.25) is 0 Å². The fourth-order valence-corrected chi connectivity index (χ4v) is 2.94. The summed E-state index contributed by atoms with van der Waals surface area (Å²) in [5, 5.41) is 0. The summed E-state index contributed by atoms with van der Waals surface area (Å²) in [7, 11) is -4.75. The zero-order valence-corrected chi connectivity index (χ0v) is 10.8. The highest BCUT2D eigenvalue weighted by Crippen LogP contribution is 2.24. The number of nitrogens with two attached hydrogens (primary N) is 1. The first kappa shape index (κ1) is 16.8. The molecule has 0 fully saturated rings. The minimum absolute atomic E-state index is 0.00329. The molecule has 10 heteroatoms. The molecule has 1 rings (SSSR count). The Kier molecular flexibility index (Phi) is 5.05. The molecule has 0 bridgehead atoms. The average Bonchev–Trinajstić information content (AvgIpc) is 2.26. The van der Waals surface area contributed by atoms with Crippen molar-refractivity contribution in [2.75, 3.05) is 19.6 Å². The van der Waals surface area contributed by atoms with Gasteiger partial charge in [-0.15, -0.1) is 0 Å². The van der Waals surface area contributed by atoms with Crippen LogP contribution in [-0.2, 0) is 10.0 Å². The quantitative estimate of drug-likeness (QED) is 0.837. The summed E-state index contributed by atoms with van der Waals surface area (Å²) in [6, 6.07) is 1.49. The smallest absolute Gasteiger partial charge is 0.329 e. The number of rotatable bonds is 5. The van der Waals surface area contributed by atoms with E-state index < -0.39 is 45.8 Å². The summed E-state index contributed by atoms with van der Waals surface area (Å²) in [6.07, 6.45) is -4.81. The van der Waals surface area contributed by atoms with E-state index in [4.69, 9.17) is 5.73 Å². The van der Waals surface area contributed by atoms with E-state index in [1.165, 1.54) is 0 Å². The number of hydrogen-bond acceptors (Lipinski definition) is 3. The monoisotopic (exact) mass is 318 g/mol. The molecule has 0 atom stereocenters. The lowest BCUT2D eigenvalue weighted by Crippen LogP contribution is -2.42. The molecule has 0 aliphatic carbocycles. The van der Waals surface area contributed by atoms with Crippen molar-refractivity contribution in [1.29, 1.82) is 0 Å². The summed E-state index contributed by atoms with van der Waals surface area (Å²) >= 11 is 0. The Hall–Kier alpha value is -1.26. The Morgan fingerprint density at radius 1 is 1.20 bits per heavy atom. The van der Waals surface area contributed by atoms with Gasteiger partial charge in [0, 0.05) is 19.2 Å². The molecule has 0 radical (unpaired) electrons. The minimum Gasteiger partial charge on any atom is -0.329 e. The lowest BCUT2D eigenvalue weighted by molar-refractivity contribution is -0.136. The number of benzene rings is 1. The predicted molar refractivity (Wildman–Crippen MR) is 60.2 cm³/mol. The zero-order valence-electron chi connectivity index (χ0n) is 9.99. The van der Waals surface area contributed by atoms with E-state index in [1.54, 1.807) is 0 Å². The van der Waals surface area contributed by atoms with Gasteiger partial charge in [0.2, 0.25) is 10.0 Å². The lowest BCUT2D eigenvalue weighted by Gasteiger charge is -2.22. The number of sulfonamides is 1. The third-order valence-electron chi connectivity index (χ3n) is 2.25. The van der Waals surface area contributed by atoms with Crippen LogP contribution in [-0.4, -0.2) is 38.5 Å². The molecule has 0 saturated heterocycles. The Bertz CT molecular complexity index is 574. The van der Waals surface area contributed by atoms with Crippen LogP contribution in [0, 0.1) is 11.6 Å². The van der Waals surface area contributed by atoms with Crippen molar-refractivity contribution in [1.82, 2.24) is 4.31 Å². The van der Waals surface area contributed by atoms with Crippen molar-refractivity contribution in [3.05, 3.63) is 29.8 Å². The van der Waals surface area contributed by atoms with E-state index in [9.17, 15) is 30.4 Å². The molecule has 0 unspecified atom stereocenters. The standard InChI is InChI=1S/C10H11F5N2O2S/c11-7-1-2-9(8(12)5-7)20(18,19)17(4-3-16)6-10(13,14)15/h1-2,5H,3-4,6,16H2. The normalized spacial score (nSPS) is 12.9. The van der Waals surface area contributed by atoms with Gasteiger partial charge in [-0.2, -0.15) is 17.5 Å². The first-order chi connectivity index (χ1) is 9.08.